The molecule has 0 aliphatic carbocycles. The third-order valence-electron chi connectivity index (χ3n) is 6.25. The molecule has 3 aromatic rings. The monoisotopic (exact) mass is 438 g/mol. The van der Waals surface area contributed by atoms with Crippen molar-refractivity contribution in [3.05, 3.63) is 63.6 Å². The SMILES string of the molecule is Cc1cc(C(=O)C2CCN(C(=O)CCCc3nc4c(ccn4C)c(=O)[nH]3)CC2)ccc1F. The van der Waals surface area contributed by atoms with Gasteiger partial charge in [0.1, 0.15) is 17.3 Å². The number of fused-ring (bicyclic) bond motifs is 1. The van der Waals surface area contributed by atoms with E-state index in [-0.39, 0.29) is 29.0 Å². The zero-order chi connectivity index (χ0) is 22.8. The number of rotatable bonds is 6. The number of aromatic nitrogens is 3. The predicted molar refractivity (Wildman–Crippen MR) is 119 cm³/mol. The Bertz CT molecular complexity index is 1220. The van der Waals surface area contributed by atoms with E-state index in [1.165, 1.54) is 12.1 Å². The number of aryl methyl sites for hydroxylation is 3. The second kappa shape index (κ2) is 9.06. The van der Waals surface area contributed by atoms with Crippen LogP contribution in [0.5, 0.6) is 0 Å². The Balaban J connectivity index is 1.27. The third-order valence-corrected chi connectivity index (χ3v) is 6.25. The Morgan fingerprint density at radius 3 is 2.69 bits per heavy atom. The molecule has 7 nitrogen and oxygen atoms in total. The molecular formula is C24H27FN4O3. The van der Waals surface area contributed by atoms with Gasteiger partial charge in [0, 0.05) is 50.7 Å². The number of piperidine rings is 1. The van der Waals surface area contributed by atoms with Gasteiger partial charge in [0.15, 0.2) is 5.78 Å². The summed E-state index contributed by atoms with van der Waals surface area (Å²) in [5.74, 6) is 0.193. The number of carbonyl (C=O) groups is 2. The molecule has 1 aliphatic rings. The molecule has 0 bridgehead atoms. The van der Waals surface area contributed by atoms with Crippen molar-refractivity contribution in [2.75, 3.05) is 13.1 Å². The Labute approximate surface area is 185 Å². The van der Waals surface area contributed by atoms with Crippen molar-refractivity contribution in [1.29, 1.82) is 0 Å². The van der Waals surface area contributed by atoms with Crippen molar-refractivity contribution in [3.8, 4) is 0 Å². The van der Waals surface area contributed by atoms with Crippen molar-refractivity contribution in [1.82, 2.24) is 19.4 Å². The molecule has 1 amide bonds. The minimum Gasteiger partial charge on any atom is -0.343 e. The van der Waals surface area contributed by atoms with Gasteiger partial charge >= 0.3 is 0 Å². The Morgan fingerprint density at radius 2 is 1.97 bits per heavy atom. The van der Waals surface area contributed by atoms with E-state index in [2.05, 4.69) is 9.97 Å². The van der Waals surface area contributed by atoms with Gasteiger partial charge in [-0.05, 0) is 56.0 Å². The van der Waals surface area contributed by atoms with Crippen molar-refractivity contribution in [2.45, 2.75) is 39.0 Å². The molecule has 1 fully saturated rings. The van der Waals surface area contributed by atoms with Crippen LogP contribution in [-0.4, -0.2) is 44.2 Å². The minimum absolute atomic E-state index is 0.0197. The molecule has 1 N–H and O–H groups in total. The fraction of sp³-hybridized carbons (Fsp3) is 0.417. The van der Waals surface area contributed by atoms with E-state index in [1.807, 2.05) is 7.05 Å². The molecule has 168 valence electrons. The molecule has 0 atom stereocenters. The number of nitrogens with one attached hydrogen (secondary N) is 1. The summed E-state index contributed by atoms with van der Waals surface area (Å²) < 4.78 is 15.3. The third kappa shape index (κ3) is 4.49. The summed E-state index contributed by atoms with van der Waals surface area (Å²) >= 11 is 0. The summed E-state index contributed by atoms with van der Waals surface area (Å²) in [6.07, 6.45) is 4.49. The number of carbonyl (C=O) groups excluding carboxylic acids is 2. The fourth-order valence-corrected chi connectivity index (χ4v) is 4.30. The van der Waals surface area contributed by atoms with E-state index in [4.69, 9.17) is 0 Å². The summed E-state index contributed by atoms with van der Waals surface area (Å²) in [6, 6.07) is 6.20. The second-order valence-electron chi connectivity index (χ2n) is 8.51. The fourth-order valence-electron chi connectivity index (χ4n) is 4.30. The van der Waals surface area contributed by atoms with Crippen LogP contribution < -0.4 is 5.56 Å². The van der Waals surface area contributed by atoms with Crippen molar-refractivity contribution < 1.29 is 14.0 Å². The van der Waals surface area contributed by atoms with Crippen molar-refractivity contribution in [3.63, 3.8) is 0 Å². The number of Topliss-reactive ketones (excluding diaryl/α,β-unsaturated/α-hetero) is 1. The average molecular weight is 439 g/mol. The van der Waals surface area contributed by atoms with E-state index >= 15 is 0 Å². The molecule has 1 aromatic carbocycles. The molecule has 8 heteroatoms. The summed E-state index contributed by atoms with van der Waals surface area (Å²) in [6.45, 7) is 2.73. The van der Waals surface area contributed by atoms with E-state index in [0.29, 0.717) is 73.2 Å². The first-order valence-corrected chi connectivity index (χ1v) is 11.0. The molecule has 0 saturated carbocycles. The van der Waals surface area contributed by atoms with E-state index in [0.717, 1.165) is 0 Å². The lowest BCUT2D eigenvalue weighted by Gasteiger charge is -2.31. The number of hydrogen-bond donors (Lipinski definition) is 1. The van der Waals surface area contributed by atoms with Gasteiger partial charge in [-0.1, -0.05) is 0 Å². The predicted octanol–water partition coefficient (Wildman–Crippen LogP) is 3.15. The number of likely N-dealkylation sites (tertiary alicyclic amines) is 1. The highest BCUT2D eigenvalue weighted by molar-refractivity contribution is 5.98. The maximum absolute atomic E-state index is 13.5. The first kappa shape index (κ1) is 21.9. The van der Waals surface area contributed by atoms with Crippen LogP contribution in [0, 0.1) is 18.7 Å². The Hall–Kier alpha value is -3.29. The first-order valence-electron chi connectivity index (χ1n) is 11.0. The second-order valence-corrected chi connectivity index (χ2v) is 8.51. The number of hydrogen-bond acceptors (Lipinski definition) is 4. The standard InChI is InChI=1S/C24H27FN4O3/c1-15-14-17(6-7-19(15)25)22(31)16-8-12-29(13-9-16)21(30)5-3-4-20-26-23-18(24(32)27-20)10-11-28(23)2/h6-7,10-11,14,16H,3-5,8-9,12-13H2,1-2H3,(H,26,27,32). The molecule has 2 aromatic heterocycles. The van der Waals surface area contributed by atoms with Gasteiger partial charge in [-0.25, -0.2) is 9.37 Å². The summed E-state index contributed by atoms with van der Waals surface area (Å²) in [4.78, 5) is 46.6. The Morgan fingerprint density at radius 1 is 1.22 bits per heavy atom. The molecular weight excluding hydrogens is 411 g/mol. The van der Waals surface area contributed by atoms with Gasteiger partial charge in [0.2, 0.25) is 5.91 Å². The maximum Gasteiger partial charge on any atom is 0.260 e. The van der Waals surface area contributed by atoms with Crippen LogP contribution >= 0.6 is 0 Å². The lowest BCUT2D eigenvalue weighted by atomic mass is 9.88. The van der Waals surface area contributed by atoms with Gasteiger partial charge in [-0.15, -0.1) is 0 Å². The topological polar surface area (TPSA) is 88.1 Å². The van der Waals surface area contributed by atoms with Crippen LogP contribution in [0.1, 0.15) is 47.4 Å². The van der Waals surface area contributed by atoms with Crippen LogP contribution in [0.25, 0.3) is 11.0 Å². The highest BCUT2D eigenvalue weighted by Gasteiger charge is 2.28. The van der Waals surface area contributed by atoms with Gasteiger partial charge in [-0.2, -0.15) is 0 Å². The van der Waals surface area contributed by atoms with E-state index in [9.17, 15) is 18.8 Å². The molecule has 0 spiro atoms. The van der Waals surface area contributed by atoms with E-state index in [1.54, 1.807) is 34.7 Å². The maximum atomic E-state index is 13.5. The highest BCUT2D eigenvalue weighted by atomic mass is 19.1. The summed E-state index contributed by atoms with van der Waals surface area (Å²) in [5.41, 5.74) is 1.47. The first-order chi connectivity index (χ1) is 15.3. The van der Waals surface area contributed by atoms with Gasteiger partial charge in [-0.3, -0.25) is 14.4 Å². The van der Waals surface area contributed by atoms with Gasteiger partial charge in [0.25, 0.3) is 5.56 Å². The quantitative estimate of drug-likeness (QED) is 0.599. The van der Waals surface area contributed by atoms with Gasteiger partial charge in [0.05, 0.1) is 5.39 Å². The van der Waals surface area contributed by atoms with Gasteiger partial charge < -0.3 is 14.5 Å². The van der Waals surface area contributed by atoms with Crippen LogP contribution in [0.3, 0.4) is 0 Å². The molecule has 4 rings (SSSR count). The normalized spacial score (nSPS) is 14.8. The lowest BCUT2D eigenvalue weighted by molar-refractivity contribution is -0.132. The van der Waals surface area contributed by atoms with Crippen LogP contribution in [0.2, 0.25) is 0 Å². The number of aromatic amines is 1. The number of H-pyrrole nitrogens is 1. The number of ketones is 1. The zero-order valence-corrected chi connectivity index (χ0v) is 18.4. The van der Waals surface area contributed by atoms with Crippen LogP contribution in [0.15, 0.2) is 35.3 Å². The molecule has 3 heterocycles. The lowest BCUT2D eigenvalue weighted by Crippen LogP contribution is -2.40. The molecule has 32 heavy (non-hydrogen) atoms. The molecule has 1 aliphatic heterocycles. The highest BCUT2D eigenvalue weighted by Crippen LogP contribution is 2.23. The average Bonchev–Trinajstić information content (AvgIpc) is 3.16. The molecule has 0 unspecified atom stereocenters. The number of halogens is 1. The van der Waals surface area contributed by atoms with Crippen LogP contribution in [-0.2, 0) is 18.3 Å². The number of nitrogens with zero attached hydrogens (tertiary/aromatic N) is 3. The number of benzene rings is 1. The minimum atomic E-state index is -0.315. The smallest absolute Gasteiger partial charge is 0.260 e. The Kier molecular flexibility index (Phi) is 6.21. The van der Waals surface area contributed by atoms with Crippen LogP contribution in [0.4, 0.5) is 4.39 Å². The largest absolute Gasteiger partial charge is 0.343 e. The van der Waals surface area contributed by atoms with Crippen molar-refractivity contribution in [2.24, 2.45) is 13.0 Å². The molecule has 1 saturated heterocycles. The van der Waals surface area contributed by atoms with E-state index < -0.39 is 0 Å². The summed E-state index contributed by atoms with van der Waals surface area (Å²) in [5, 5.41) is 0.556. The van der Waals surface area contributed by atoms with Crippen molar-refractivity contribution >= 4 is 22.7 Å². The number of amides is 1. The zero-order valence-electron chi connectivity index (χ0n) is 18.4. The molecule has 0 radical (unpaired) electrons. The summed E-state index contributed by atoms with van der Waals surface area (Å²) in [7, 11) is 1.84.